The fraction of sp³-hybridized carbons (Fsp3) is 0.273. The Balaban J connectivity index is 1.67. The first kappa shape index (κ1) is 20.3. The Morgan fingerprint density at radius 3 is 2.24 bits per heavy atom. The topological polar surface area (TPSA) is 82.8 Å². The molecule has 0 aliphatic heterocycles. The summed E-state index contributed by atoms with van der Waals surface area (Å²) in [4.78, 5) is 17.2. The summed E-state index contributed by atoms with van der Waals surface area (Å²) in [5.74, 6) is 2.68. The number of benzene rings is 2. The second-order valence-corrected chi connectivity index (χ2v) is 6.29. The van der Waals surface area contributed by atoms with Gasteiger partial charge in [0.25, 0.3) is 5.91 Å². The van der Waals surface area contributed by atoms with Crippen molar-refractivity contribution in [2.45, 2.75) is 13.3 Å². The first-order valence-corrected chi connectivity index (χ1v) is 9.17. The lowest BCUT2D eigenvalue weighted by molar-refractivity contribution is 0.0947. The molecular formula is C22H24N2O5. The average molecular weight is 396 g/mol. The van der Waals surface area contributed by atoms with E-state index in [1.54, 1.807) is 25.3 Å². The predicted octanol–water partition coefficient (Wildman–Crippen LogP) is 3.65. The highest BCUT2D eigenvalue weighted by atomic mass is 16.5. The molecule has 2 aromatic carbocycles. The minimum absolute atomic E-state index is 0.268. The molecule has 0 fully saturated rings. The number of aromatic nitrogens is 1. The number of nitrogens with zero attached hydrogens (tertiary/aromatic N) is 1. The lowest BCUT2D eigenvalue weighted by atomic mass is 10.1. The summed E-state index contributed by atoms with van der Waals surface area (Å²) < 4.78 is 21.5. The van der Waals surface area contributed by atoms with E-state index in [4.69, 9.17) is 18.6 Å². The third-order valence-electron chi connectivity index (χ3n) is 4.53. The van der Waals surface area contributed by atoms with Crippen LogP contribution in [0.1, 0.15) is 21.8 Å². The lowest BCUT2D eigenvalue weighted by Crippen LogP contribution is -2.26. The molecule has 0 atom stereocenters. The monoisotopic (exact) mass is 396 g/mol. The van der Waals surface area contributed by atoms with E-state index in [1.807, 2.05) is 31.2 Å². The zero-order valence-electron chi connectivity index (χ0n) is 16.9. The van der Waals surface area contributed by atoms with E-state index in [2.05, 4.69) is 10.3 Å². The van der Waals surface area contributed by atoms with Gasteiger partial charge in [0.05, 0.1) is 27.0 Å². The molecule has 3 aromatic rings. The summed E-state index contributed by atoms with van der Waals surface area (Å²) in [6, 6.07) is 12.7. The van der Waals surface area contributed by atoms with Crippen molar-refractivity contribution in [3.63, 3.8) is 0 Å². The Bertz CT molecular complexity index is 957. The summed E-state index contributed by atoms with van der Waals surface area (Å²) in [5.41, 5.74) is 2.03. The number of ether oxygens (including phenoxy) is 3. The van der Waals surface area contributed by atoms with E-state index in [0.717, 1.165) is 22.8 Å². The van der Waals surface area contributed by atoms with Gasteiger partial charge in [0, 0.05) is 18.5 Å². The molecule has 29 heavy (non-hydrogen) atoms. The Kier molecular flexibility index (Phi) is 6.39. The smallest absolute Gasteiger partial charge is 0.258 e. The molecule has 152 valence electrons. The number of hydrogen-bond acceptors (Lipinski definition) is 6. The van der Waals surface area contributed by atoms with Crippen molar-refractivity contribution in [3.8, 4) is 28.7 Å². The van der Waals surface area contributed by atoms with Gasteiger partial charge in [-0.2, -0.15) is 0 Å². The summed E-state index contributed by atoms with van der Waals surface area (Å²) in [6.45, 7) is 2.26. The highest BCUT2D eigenvalue weighted by Crippen LogP contribution is 2.28. The Hall–Kier alpha value is -3.48. The maximum absolute atomic E-state index is 12.6. The van der Waals surface area contributed by atoms with Crippen LogP contribution in [0.4, 0.5) is 0 Å². The molecule has 7 nitrogen and oxygen atoms in total. The highest BCUT2D eigenvalue weighted by Gasteiger charge is 2.18. The number of rotatable bonds is 8. The van der Waals surface area contributed by atoms with Crippen LogP contribution in [0, 0.1) is 6.92 Å². The van der Waals surface area contributed by atoms with Crippen LogP contribution in [0.25, 0.3) is 11.5 Å². The molecule has 0 saturated heterocycles. The van der Waals surface area contributed by atoms with Crippen molar-refractivity contribution >= 4 is 5.91 Å². The van der Waals surface area contributed by atoms with Crippen molar-refractivity contribution in [2.75, 3.05) is 27.9 Å². The molecule has 1 aromatic heterocycles. The standard InChI is InChI=1S/C22H24N2O5/c1-14-17(24-22(29-14)15-8-10-16(26-2)11-9-15)12-13-23-21(25)20-18(27-3)6-5-7-19(20)28-4/h5-11H,12-13H2,1-4H3,(H,23,25). The SMILES string of the molecule is COc1ccc(-c2nc(CCNC(=O)c3c(OC)cccc3OC)c(C)o2)cc1. The molecule has 0 bridgehead atoms. The number of hydrogen-bond donors (Lipinski definition) is 1. The van der Waals surface area contributed by atoms with Crippen LogP contribution >= 0.6 is 0 Å². The van der Waals surface area contributed by atoms with Crippen LogP contribution < -0.4 is 19.5 Å². The van der Waals surface area contributed by atoms with Gasteiger partial charge in [-0.1, -0.05) is 6.07 Å². The van der Waals surface area contributed by atoms with Crippen LogP contribution in [-0.2, 0) is 6.42 Å². The number of amides is 1. The van der Waals surface area contributed by atoms with Gasteiger partial charge in [0.2, 0.25) is 5.89 Å². The van der Waals surface area contributed by atoms with Crippen molar-refractivity contribution < 1.29 is 23.4 Å². The molecule has 0 radical (unpaired) electrons. The van der Waals surface area contributed by atoms with Crippen LogP contribution in [0.3, 0.4) is 0 Å². The number of nitrogens with one attached hydrogen (secondary N) is 1. The first-order valence-electron chi connectivity index (χ1n) is 9.17. The zero-order chi connectivity index (χ0) is 20.8. The number of aryl methyl sites for hydroxylation is 1. The summed E-state index contributed by atoms with van der Waals surface area (Å²) in [7, 11) is 4.66. The third kappa shape index (κ3) is 4.51. The number of methoxy groups -OCH3 is 3. The van der Waals surface area contributed by atoms with Crippen molar-refractivity contribution in [2.24, 2.45) is 0 Å². The van der Waals surface area contributed by atoms with E-state index in [9.17, 15) is 4.79 Å². The normalized spacial score (nSPS) is 10.5. The van der Waals surface area contributed by atoms with Crippen molar-refractivity contribution in [3.05, 3.63) is 59.5 Å². The van der Waals surface area contributed by atoms with Gasteiger partial charge in [-0.25, -0.2) is 4.98 Å². The fourth-order valence-corrected chi connectivity index (χ4v) is 2.97. The third-order valence-corrected chi connectivity index (χ3v) is 4.53. The van der Waals surface area contributed by atoms with Crippen LogP contribution in [0.2, 0.25) is 0 Å². The number of carbonyl (C=O) groups is 1. The second-order valence-electron chi connectivity index (χ2n) is 6.29. The van der Waals surface area contributed by atoms with E-state index in [-0.39, 0.29) is 5.91 Å². The second kappa shape index (κ2) is 9.14. The van der Waals surface area contributed by atoms with E-state index in [0.29, 0.717) is 35.9 Å². The molecule has 1 N–H and O–H groups in total. The van der Waals surface area contributed by atoms with Gasteiger partial charge >= 0.3 is 0 Å². The quantitative estimate of drug-likeness (QED) is 0.626. The van der Waals surface area contributed by atoms with E-state index < -0.39 is 0 Å². The molecule has 7 heteroatoms. The predicted molar refractivity (Wildman–Crippen MR) is 109 cm³/mol. The zero-order valence-corrected chi connectivity index (χ0v) is 16.9. The minimum atomic E-state index is -0.268. The van der Waals surface area contributed by atoms with E-state index >= 15 is 0 Å². The van der Waals surface area contributed by atoms with Gasteiger partial charge in [0.15, 0.2) is 0 Å². The Morgan fingerprint density at radius 2 is 1.66 bits per heavy atom. The van der Waals surface area contributed by atoms with Gasteiger partial charge in [-0.15, -0.1) is 0 Å². The Labute approximate surface area is 169 Å². The molecular weight excluding hydrogens is 372 g/mol. The summed E-state index contributed by atoms with van der Waals surface area (Å²) in [6.07, 6.45) is 0.536. The highest BCUT2D eigenvalue weighted by molar-refractivity contribution is 5.99. The van der Waals surface area contributed by atoms with Crippen molar-refractivity contribution in [1.82, 2.24) is 10.3 Å². The molecule has 0 unspecified atom stereocenters. The van der Waals surface area contributed by atoms with Crippen molar-refractivity contribution in [1.29, 1.82) is 0 Å². The van der Waals surface area contributed by atoms with Crippen LogP contribution in [-0.4, -0.2) is 38.8 Å². The molecule has 1 heterocycles. The van der Waals surface area contributed by atoms with Gasteiger partial charge in [0.1, 0.15) is 28.6 Å². The van der Waals surface area contributed by atoms with Gasteiger partial charge < -0.3 is 23.9 Å². The largest absolute Gasteiger partial charge is 0.497 e. The van der Waals surface area contributed by atoms with Crippen LogP contribution in [0.15, 0.2) is 46.9 Å². The molecule has 1 amide bonds. The maximum Gasteiger partial charge on any atom is 0.258 e. The van der Waals surface area contributed by atoms with Crippen LogP contribution in [0.5, 0.6) is 17.2 Å². The molecule has 0 spiro atoms. The lowest BCUT2D eigenvalue weighted by Gasteiger charge is -2.12. The molecule has 3 rings (SSSR count). The number of oxazole rings is 1. The maximum atomic E-state index is 12.6. The molecule has 0 saturated carbocycles. The Morgan fingerprint density at radius 1 is 1.00 bits per heavy atom. The minimum Gasteiger partial charge on any atom is -0.497 e. The number of carbonyl (C=O) groups excluding carboxylic acids is 1. The molecule has 0 aliphatic rings. The summed E-state index contributed by atoms with van der Waals surface area (Å²) in [5, 5.41) is 2.89. The van der Waals surface area contributed by atoms with Gasteiger partial charge in [-0.3, -0.25) is 4.79 Å². The van der Waals surface area contributed by atoms with E-state index in [1.165, 1.54) is 14.2 Å². The average Bonchev–Trinajstić information content (AvgIpc) is 3.13. The fourth-order valence-electron chi connectivity index (χ4n) is 2.97. The molecule has 0 aliphatic carbocycles. The summed E-state index contributed by atoms with van der Waals surface area (Å²) >= 11 is 0. The van der Waals surface area contributed by atoms with Gasteiger partial charge in [-0.05, 0) is 43.3 Å². The first-order chi connectivity index (χ1) is 14.1.